The van der Waals surface area contributed by atoms with E-state index in [-0.39, 0.29) is 5.56 Å². The van der Waals surface area contributed by atoms with Gasteiger partial charge in [0.05, 0.1) is 16.8 Å². The van der Waals surface area contributed by atoms with Crippen molar-refractivity contribution in [3.05, 3.63) is 109 Å². The van der Waals surface area contributed by atoms with E-state index in [9.17, 15) is 4.79 Å². The maximum absolute atomic E-state index is 13.4. The molecule has 0 atom stereocenters. The van der Waals surface area contributed by atoms with Crippen molar-refractivity contribution < 1.29 is 4.74 Å². The fourth-order valence-corrected chi connectivity index (χ4v) is 5.65. The lowest BCUT2D eigenvalue weighted by atomic mass is 10.0. The first kappa shape index (κ1) is 27.1. The highest BCUT2D eigenvalue weighted by atomic mass is 79.9. The Morgan fingerprint density at radius 1 is 1.00 bits per heavy atom. The zero-order chi connectivity index (χ0) is 28.5. The molecule has 0 aliphatic heterocycles. The van der Waals surface area contributed by atoms with E-state index in [4.69, 9.17) is 9.84 Å². The molecule has 6 aromatic rings. The van der Waals surface area contributed by atoms with Gasteiger partial charge in [-0.3, -0.25) is 4.79 Å². The molecule has 0 saturated heterocycles. The van der Waals surface area contributed by atoms with Gasteiger partial charge in [-0.15, -0.1) is 5.10 Å². The van der Waals surface area contributed by atoms with Crippen LogP contribution in [-0.2, 0) is 0 Å². The Balaban J connectivity index is 1.41. The highest BCUT2D eigenvalue weighted by Gasteiger charge is 2.16. The van der Waals surface area contributed by atoms with Crippen molar-refractivity contribution in [2.24, 2.45) is 5.92 Å². The molecule has 0 unspecified atom stereocenters. The van der Waals surface area contributed by atoms with Crippen LogP contribution in [-0.4, -0.2) is 31.0 Å². The van der Waals surface area contributed by atoms with E-state index in [0.29, 0.717) is 27.8 Å². The molecular weight excluding hydrogens is 598 g/mol. The molecule has 0 saturated carbocycles. The maximum atomic E-state index is 13.4. The van der Waals surface area contributed by atoms with Crippen molar-refractivity contribution in [1.82, 2.24) is 24.4 Å². The molecule has 7 nitrogen and oxygen atoms in total. The van der Waals surface area contributed by atoms with Gasteiger partial charge < -0.3 is 4.74 Å². The van der Waals surface area contributed by atoms with Gasteiger partial charge in [-0.25, -0.2) is 4.68 Å². The SMILES string of the molecule is Cc1cc(-c2nn(-c3ccccc3)cc2/C=c2\sc3nc(-c4ccc(Br)cc4)nn3c2=O)ccc1OCCC(C)C. The average Bonchev–Trinajstić information content (AvgIpc) is 3.65. The van der Waals surface area contributed by atoms with E-state index in [1.54, 1.807) is 0 Å². The minimum absolute atomic E-state index is 0.204. The summed E-state index contributed by atoms with van der Waals surface area (Å²) < 4.78 is 10.8. The summed E-state index contributed by atoms with van der Waals surface area (Å²) in [6.07, 6.45) is 4.84. The summed E-state index contributed by atoms with van der Waals surface area (Å²) in [6.45, 7) is 7.11. The number of aromatic nitrogens is 5. The van der Waals surface area contributed by atoms with Gasteiger partial charge in [0.15, 0.2) is 5.82 Å². The fourth-order valence-electron chi connectivity index (χ4n) is 4.49. The van der Waals surface area contributed by atoms with Crippen LogP contribution in [0, 0.1) is 12.8 Å². The molecule has 0 fully saturated rings. The molecule has 9 heteroatoms. The average molecular weight is 627 g/mol. The molecular formula is C32H28BrN5O2S. The standard InChI is InChI=1S/C32H28BrN5O2S/c1-20(2)15-16-40-27-14-11-23(17-21(27)3)29-24(19-37(35-29)26-7-5-4-6-8-26)18-28-31(39)38-32(41-28)34-30(36-38)22-9-12-25(33)13-10-22/h4-14,17-20H,15-16H2,1-3H3/b28-18-. The number of fused-ring (bicyclic) bond motifs is 1. The van der Waals surface area contributed by atoms with Crippen LogP contribution in [0.5, 0.6) is 5.75 Å². The van der Waals surface area contributed by atoms with Crippen LogP contribution in [0.15, 0.2) is 88.3 Å². The van der Waals surface area contributed by atoms with Gasteiger partial charge in [-0.05, 0) is 73.4 Å². The number of halogens is 1. The number of rotatable bonds is 8. The molecule has 3 heterocycles. The summed E-state index contributed by atoms with van der Waals surface area (Å²) in [4.78, 5) is 18.6. The largest absolute Gasteiger partial charge is 0.493 e. The second-order valence-electron chi connectivity index (χ2n) is 10.3. The highest BCUT2D eigenvalue weighted by molar-refractivity contribution is 9.10. The molecule has 0 aliphatic carbocycles. The maximum Gasteiger partial charge on any atom is 0.291 e. The first-order valence-electron chi connectivity index (χ1n) is 13.4. The summed E-state index contributed by atoms with van der Waals surface area (Å²) in [7, 11) is 0. The van der Waals surface area contributed by atoms with E-state index >= 15 is 0 Å². The quantitative estimate of drug-likeness (QED) is 0.188. The summed E-state index contributed by atoms with van der Waals surface area (Å²) in [6, 6.07) is 23.8. The third-order valence-corrected chi connectivity index (χ3v) is 8.22. The smallest absolute Gasteiger partial charge is 0.291 e. The molecule has 41 heavy (non-hydrogen) atoms. The Morgan fingerprint density at radius 2 is 1.76 bits per heavy atom. The summed E-state index contributed by atoms with van der Waals surface area (Å²) >= 11 is 4.77. The molecule has 6 rings (SSSR count). The highest BCUT2D eigenvalue weighted by Crippen LogP contribution is 2.29. The molecule has 0 bridgehead atoms. The number of para-hydroxylation sites is 1. The second-order valence-corrected chi connectivity index (χ2v) is 12.2. The summed E-state index contributed by atoms with van der Waals surface area (Å²) in [5.74, 6) is 1.98. The molecule has 3 aromatic heterocycles. The molecule has 0 aliphatic rings. The van der Waals surface area contributed by atoms with Gasteiger partial charge in [0.25, 0.3) is 5.56 Å². The zero-order valence-electron chi connectivity index (χ0n) is 22.9. The number of nitrogens with zero attached hydrogens (tertiary/aromatic N) is 5. The molecule has 0 radical (unpaired) electrons. The molecule has 206 valence electrons. The predicted octanol–water partition coefficient (Wildman–Crippen LogP) is 6.71. The number of hydrogen-bond donors (Lipinski definition) is 0. The van der Waals surface area contributed by atoms with Crippen LogP contribution in [0.1, 0.15) is 31.4 Å². The van der Waals surface area contributed by atoms with Crippen LogP contribution in [0.2, 0.25) is 0 Å². The summed E-state index contributed by atoms with van der Waals surface area (Å²) in [5.41, 5.74) is 5.18. The van der Waals surface area contributed by atoms with Crippen molar-refractivity contribution >= 4 is 38.3 Å². The van der Waals surface area contributed by atoms with Gasteiger partial charge in [0.1, 0.15) is 11.4 Å². The lowest BCUT2D eigenvalue weighted by Crippen LogP contribution is -2.23. The van der Waals surface area contributed by atoms with Crippen molar-refractivity contribution in [3.8, 4) is 34.1 Å². The first-order valence-corrected chi connectivity index (χ1v) is 15.0. The van der Waals surface area contributed by atoms with E-state index in [1.807, 2.05) is 90.6 Å². The van der Waals surface area contributed by atoms with Gasteiger partial charge in [-0.1, -0.05) is 71.4 Å². The van der Waals surface area contributed by atoms with Crippen molar-refractivity contribution in [2.75, 3.05) is 6.61 Å². The minimum atomic E-state index is -0.204. The van der Waals surface area contributed by atoms with Gasteiger partial charge >= 0.3 is 0 Å². The first-order chi connectivity index (χ1) is 19.9. The Bertz CT molecular complexity index is 1940. The molecule has 3 aromatic carbocycles. The normalized spacial score (nSPS) is 12.1. The van der Waals surface area contributed by atoms with Gasteiger partial charge in [0.2, 0.25) is 4.96 Å². The van der Waals surface area contributed by atoms with Crippen LogP contribution in [0.25, 0.3) is 39.4 Å². The van der Waals surface area contributed by atoms with E-state index in [1.165, 1.54) is 15.9 Å². The van der Waals surface area contributed by atoms with Crippen molar-refractivity contribution in [3.63, 3.8) is 0 Å². The van der Waals surface area contributed by atoms with Crippen LogP contribution in [0.3, 0.4) is 0 Å². The monoisotopic (exact) mass is 625 g/mol. The molecule has 0 amide bonds. The van der Waals surface area contributed by atoms with Crippen LogP contribution < -0.4 is 14.8 Å². The number of benzene rings is 3. The third-order valence-electron chi connectivity index (χ3n) is 6.74. The van der Waals surface area contributed by atoms with Crippen molar-refractivity contribution in [1.29, 1.82) is 0 Å². The lowest BCUT2D eigenvalue weighted by Gasteiger charge is -2.11. The zero-order valence-corrected chi connectivity index (χ0v) is 25.3. The van der Waals surface area contributed by atoms with E-state index < -0.39 is 0 Å². The number of aryl methyl sites for hydroxylation is 1. The fraction of sp³-hybridized carbons (Fsp3) is 0.188. The topological polar surface area (TPSA) is 74.3 Å². The van der Waals surface area contributed by atoms with Gasteiger partial charge in [0, 0.05) is 27.4 Å². The summed E-state index contributed by atoms with van der Waals surface area (Å²) in [5, 5.41) is 9.44. The Labute approximate surface area is 249 Å². The molecule has 0 spiro atoms. The number of thiazole rings is 1. The number of ether oxygens (including phenoxy) is 1. The Kier molecular flexibility index (Phi) is 7.55. The minimum Gasteiger partial charge on any atom is -0.493 e. The Morgan fingerprint density at radius 3 is 2.46 bits per heavy atom. The number of hydrogen-bond acceptors (Lipinski definition) is 6. The van der Waals surface area contributed by atoms with Crippen LogP contribution >= 0.6 is 27.3 Å². The molecule has 0 N–H and O–H groups in total. The Hall–Kier alpha value is -4.08. The van der Waals surface area contributed by atoms with Crippen molar-refractivity contribution in [2.45, 2.75) is 27.2 Å². The van der Waals surface area contributed by atoms with Gasteiger partial charge in [-0.2, -0.15) is 14.6 Å². The predicted molar refractivity (Wildman–Crippen MR) is 168 cm³/mol. The van der Waals surface area contributed by atoms with E-state index in [2.05, 4.69) is 45.9 Å². The van der Waals surface area contributed by atoms with E-state index in [0.717, 1.165) is 50.3 Å². The van der Waals surface area contributed by atoms with Crippen LogP contribution in [0.4, 0.5) is 0 Å². The lowest BCUT2D eigenvalue weighted by molar-refractivity contribution is 0.288. The second kappa shape index (κ2) is 11.4. The third kappa shape index (κ3) is 5.73.